The topological polar surface area (TPSA) is 82.1 Å². The Labute approximate surface area is 151 Å². The number of benzene rings is 2. The quantitative estimate of drug-likeness (QED) is 0.761. The standard InChI is InChI=1S/C20H20N4O2/c25-18-8-6-14(7-9-18)15-3-1-4-16(11-15)20(26)24-10-2-5-17(12-24)19-21-13-22-23-19/h1,3-4,6-9,11,13,17,25H,2,5,10,12H2,(H,21,22,23)/t17-/m1/s1. The third kappa shape index (κ3) is 3.31. The molecule has 2 aromatic carbocycles. The number of amides is 1. The number of nitrogens with zero attached hydrogens (tertiary/aromatic N) is 3. The van der Waals surface area contributed by atoms with Crippen molar-refractivity contribution in [3.8, 4) is 16.9 Å². The van der Waals surface area contributed by atoms with Crippen molar-refractivity contribution in [1.82, 2.24) is 20.1 Å². The molecular formula is C20H20N4O2. The van der Waals surface area contributed by atoms with Crippen molar-refractivity contribution in [3.05, 3.63) is 66.2 Å². The van der Waals surface area contributed by atoms with Crippen LogP contribution in [0.4, 0.5) is 0 Å². The van der Waals surface area contributed by atoms with E-state index in [2.05, 4.69) is 15.2 Å². The highest BCUT2D eigenvalue weighted by Crippen LogP contribution is 2.27. The summed E-state index contributed by atoms with van der Waals surface area (Å²) in [5, 5.41) is 16.3. The number of hydrogen-bond acceptors (Lipinski definition) is 4. The number of piperidine rings is 1. The number of aromatic hydroxyl groups is 1. The van der Waals surface area contributed by atoms with Gasteiger partial charge in [-0.3, -0.25) is 9.89 Å². The molecule has 2 heterocycles. The van der Waals surface area contributed by atoms with Gasteiger partial charge in [-0.25, -0.2) is 4.98 Å². The van der Waals surface area contributed by atoms with Gasteiger partial charge in [0.1, 0.15) is 17.9 Å². The molecule has 0 spiro atoms. The largest absolute Gasteiger partial charge is 0.508 e. The molecule has 26 heavy (non-hydrogen) atoms. The first-order valence-corrected chi connectivity index (χ1v) is 8.75. The summed E-state index contributed by atoms with van der Waals surface area (Å²) in [6.07, 6.45) is 3.47. The minimum absolute atomic E-state index is 0.0369. The van der Waals surface area contributed by atoms with Crippen LogP contribution in [0.3, 0.4) is 0 Å². The average molecular weight is 348 g/mol. The zero-order chi connectivity index (χ0) is 17.9. The molecule has 6 heteroatoms. The lowest BCUT2D eigenvalue weighted by atomic mass is 9.96. The normalized spacial score (nSPS) is 17.2. The number of nitrogens with one attached hydrogen (secondary N) is 1. The maximum Gasteiger partial charge on any atom is 0.253 e. The van der Waals surface area contributed by atoms with Crippen molar-refractivity contribution >= 4 is 5.91 Å². The molecule has 1 aliphatic heterocycles. The molecule has 3 aromatic rings. The first-order valence-electron chi connectivity index (χ1n) is 8.75. The first kappa shape index (κ1) is 16.3. The van der Waals surface area contributed by atoms with Gasteiger partial charge in [0.2, 0.25) is 0 Å². The molecule has 1 atom stereocenters. The number of aromatic nitrogens is 3. The summed E-state index contributed by atoms with van der Waals surface area (Å²) in [5.41, 5.74) is 2.60. The number of carbonyl (C=O) groups is 1. The minimum atomic E-state index is 0.0369. The molecule has 1 fully saturated rings. The summed E-state index contributed by atoms with van der Waals surface area (Å²) < 4.78 is 0. The van der Waals surface area contributed by atoms with Crippen molar-refractivity contribution in [2.45, 2.75) is 18.8 Å². The van der Waals surface area contributed by atoms with Crippen LogP contribution in [0.1, 0.15) is 34.9 Å². The lowest BCUT2D eigenvalue weighted by Crippen LogP contribution is -2.39. The third-order valence-electron chi connectivity index (χ3n) is 4.84. The number of rotatable bonds is 3. The molecule has 0 aliphatic carbocycles. The van der Waals surface area contributed by atoms with Gasteiger partial charge >= 0.3 is 0 Å². The van der Waals surface area contributed by atoms with E-state index in [0.717, 1.165) is 36.3 Å². The van der Waals surface area contributed by atoms with Crippen LogP contribution in [0.2, 0.25) is 0 Å². The Hall–Kier alpha value is -3.15. The van der Waals surface area contributed by atoms with E-state index in [1.807, 2.05) is 41.3 Å². The Bertz CT molecular complexity index is 890. The van der Waals surface area contributed by atoms with E-state index >= 15 is 0 Å². The zero-order valence-electron chi connectivity index (χ0n) is 14.3. The van der Waals surface area contributed by atoms with Crippen LogP contribution in [0.5, 0.6) is 5.75 Å². The molecule has 1 aliphatic rings. The van der Waals surface area contributed by atoms with Gasteiger partial charge in [0.15, 0.2) is 0 Å². The maximum absolute atomic E-state index is 13.0. The van der Waals surface area contributed by atoms with Crippen LogP contribution in [0, 0.1) is 0 Å². The van der Waals surface area contributed by atoms with E-state index in [0.29, 0.717) is 12.1 Å². The summed E-state index contributed by atoms with van der Waals surface area (Å²) in [4.78, 5) is 19.1. The number of phenolic OH excluding ortho intramolecular Hbond substituents is 1. The van der Waals surface area contributed by atoms with E-state index in [4.69, 9.17) is 0 Å². The number of phenols is 1. The van der Waals surface area contributed by atoms with E-state index in [1.165, 1.54) is 6.33 Å². The SMILES string of the molecule is O=C(c1cccc(-c2ccc(O)cc2)c1)N1CCC[C@@H](c2ncn[nH]2)C1. The molecule has 0 radical (unpaired) electrons. The molecule has 1 amide bonds. The zero-order valence-corrected chi connectivity index (χ0v) is 14.3. The lowest BCUT2D eigenvalue weighted by molar-refractivity contribution is 0.0704. The number of likely N-dealkylation sites (tertiary alicyclic amines) is 1. The van der Waals surface area contributed by atoms with Crippen molar-refractivity contribution < 1.29 is 9.90 Å². The van der Waals surface area contributed by atoms with Crippen LogP contribution < -0.4 is 0 Å². The minimum Gasteiger partial charge on any atom is -0.508 e. The van der Waals surface area contributed by atoms with E-state index in [-0.39, 0.29) is 17.6 Å². The van der Waals surface area contributed by atoms with Gasteiger partial charge in [0, 0.05) is 24.6 Å². The van der Waals surface area contributed by atoms with Gasteiger partial charge in [-0.1, -0.05) is 24.3 Å². The smallest absolute Gasteiger partial charge is 0.253 e. The first-order chi connectivity index (χ1) is 12.7. The van der Waals surface area contributed by atoms with Crippen molar-refractivity contribution in [2.75, 3.05) is 13.1 Å². The summed E-state index contributed by atoms with van der Waals surface area (Å²) in [6, 6.07) is 14.6. The van der Waals surface area contributed by atoms with Crippen LogP contribution in [0.15, 0.2) is 54.9 Å². The van der Waals surface area contributed by atoms with Crippen LogP contribution >= 0.6 is 0 Å². The predicted molar refractivity (Wildman–Crippen MR) is 97.8 cm³/mol. The maximum atomic E-state index is 13.0. The molecule has 4 rings (SSSR count). The molecule has 1 aromatic heterocycles. The second kappa shape index (κ2) is 7.00. The Morgan fingerprint density at radius 1 is 1.15 bits per heavy atom. The summed E-state index contributed by atoms with van der Waals surface area (Å²) in [5.74, 6) is 1.32. The predicted octanol–water partition coefficient (Wildman–Crippen LogP) is 3.20. The van der Waals surface area contributed by atoms with Crippen LogP contribution in [-0.4, -0.2) is 44.2 Å². The number of carbonyl (C=O) groups excluding carboxylic acids is 1. The Balaban J connectivity index is 1.54. The molecule has 132 valence electrons. The van der Waals surface area contributed by atoms with Gasteiger partial charge in [-0.05, 0) is 48.2 Å². The van der Waals surface area contributed by atoms with E-state index < -0.39 is 0 Å². The third-order valence-corrected chi connectivity index (χ3v) is 4.84. The molecule has 1 saturated heterocycles. The molecule has 0 unspecified atom stereocenters. The second-order valence-electron chi connectivity index (χ2n) is 6.59. The van der Waals surface area contributed by atoms with Crippen molar-refractivity contribution in [1.29, 1.82) is 0 Å². The van der Waals surface area contributed by atoms with E-state index in [9.17, 15) is 9.90 Å². The Kier molecular flexibility index (Phi) is 4.39. The number of aromatic amines is 1. The Morgan fingerprint density at radius 2 is 2.00 bits per heavy atom. The second-order valence-corrected chi connectivity index (χ2v) is 6.59. The van der Waals surface area contributed by atoms with Crippen LogP contribution in [0.25, 0.3) is 11.1 Å². The molecule has 2 N–H and O–H groups in total. The summed E-state index contributed by atoms with van der Waals surface area (Å²) in [6.45, 7) is 1.41. The summed E-state index contributed by atoms with van der Waals surface area (Å²) in [7, 11) is 0. The van der Waals surface area contributed by atoms with Gasteiger partial charge in [-0.2, -0.15) is 5.10 Å². The molecule has 0 bridgehead atoms. The van der Waals surface area contributed by atoms with E-state index in [1.54, 1.807) is 12.1 Å². The average Bonchev–Trinajstić information content (AvgIpc) is 3.23. The fraction of sp³-hybridized carbons (Fsp3) is 0.250. The van der Waals surface area contributed by atoms with Gasteiger partial charge < -0.3 is 10.0 Å². The number of hydrogen-bond donors (Lipinski definition) is 2. The van der Waals surface area contributed by atoms with Gasteiger partial charge in [-0.15, -0.1) is 0 Å². The lowest BCUT2D eigenvalue weighted by Gasteiger charge is -2.31. The fourth-order valence-electron chi connectivity index (χ4n) is 3.46. The molecule has 6 nitrogen and oxygen atoms in total. The van der Waals surface area contributed by atoms with Gasteiger partial charge in [0.25, 0.3) is 5.91 Å². The molecule has 0 saturated carbocycles. The molecular weight excluding hydrogens is 328 g/mol. The highest BCUT2D eigenvalue weighted by molar-refractivity contribution is 5.95. The fourth-order valence-corrected chi connectivity index (χ4v) is 3.46. The monoisotopic (exact) mass is 348 g/mol. The van der Waals surface area contributed by atoms with Crippen molar-refractivity contribution in [2.24, 2.45) is 0 Å². The highest BCUT2D eigenvalue weighted by Gasteiger charge is 2.27. The van der Waals surface area contributed by atoms with Crippen molar-refractivity contribution in [3.63, 3.8) is 0 Å². The Morgan fingerprint density at radius 3 is 2.77 bits per heavy atom. The van der Waals surface area contributed by atoms with Crippen LogP contribution in [-0.2, 0) is 0 Å². The summed E-state index contributed by atoms with van der Waals surface area (Å²) >= 11 is 0. The highest BCUT2D eigenvalue weighted by atomic mass is 16.3. The number of H-pyrrole nitrogens is 1. The van der Waals surface area contributed by atoms with Gasteiger partial charge in [0.05, 0.1) is 0 Å².